The maximum Gasteiger partial charge on any atom is 0.175 e. The summed E-state index contributed by atoms with van der Waals surface area (Å²) in [4.78, 5) is 13.2. The predicted molar refractivity (Wildman–Crippen MR) is 61.4 cm³/mol. The van der Waals surface area contributed by atoms with Gasteiger partial charge in [0, 0.05) is 12.0 Å². The second kappa shape index (κ2) is 3.25. The first kappa shape index (κ1) is 10.2. The van der Waals surface area contributed by atoms with Gasteiger partial charge in [0.25, 0.3) is 0 Å². The summed E-state index contributed by atoms with van der Waals surface area (Å²) in [6.07, 6.45) is 2.09. The Kier molecular flexibility index (Phi) is 2.06. The molecule has 4 atom stereocenters. The summed E-state index contributed by atoms with van der Waals surface area (Å²) in [5, 5.41) is 1.26. The smallest absolute Gasteiger partial charge is 0.175 e. The summed E-state index contributed by atoms with van der Waals surface area (Å²) < 4.78 is 0. The van der Waals surface area contributed by atoms with Crippen molar-refractivity contribution >= 4 is 17.7 Å². The number of nitrogens with zero attached hydrogens (tertiary/aromatic N) is 3. The Balaban J connectivity index is 2.29. The van der Waals surface area contributed by atoms with Crippen LogP contribution in [0.3, 0.4) is 0 Å². The molecule has 4 nitrogen and oxygen atoms in total. The van der Waals surface area contributed by atoms with Gasteiger partial charge >= 0.3 is 0 Å². The quantitative estimate of drug-likeness (QED) is 0.680. The highest BCUT2D eigenvalue weighted by Gasteiger charge is 2.45. The molecule has 0 amide bonds. The molecule has 2 aliphatic heterocycles. The summed E-state index contributed by atoms with van der Waals surface area (Å²) in [5.41, 5.74) is 7.44. The molecule has 0 radical (unpaired) electrons. The third-order valence-electron chi connectivity index (χ3n) is 3.63. The van der Waals surface area contributed by atoms with E-state index in [9.17, 15) is 0 Å². The molecule has 0 saturated heterocycles. The van der Waals surface area contributed by atoms with Crippen LogP contribution >= 0.6 is 11.6 Å². The molecular formula is C11H13ClN4. The fourth-order valence-electron chi connectivity index (χ4n) is 2.52. The molecule has 5 heteroatoms. The zero-order chi connectivity index (χ0) is 11.4. The van der Waals surface area contributed by atoms with Crippen molar-refractivity contribution in [1.29, 1.82) is 0 Å². The maximum atomic E-state index is 6.06. The molecule has 16 heavy (non-hydrogen) atoms. The lowest BCUT2D eigenvalue weighted by atomic mass is 9.67. The highest BCUT2D eigenvalue weighted by atomic mass is 35.5. The van der Waals surface area contributed by atoms with Gasteiger partial charge in [0.1, 0.15) is 5.35 Å². The van der Waals surface area contributed by atoms with E-state index in [0.717, 1.165) is 11.0 Å². The molecule has 4 unspecified atom stereocenters. The minimum absolute atomic E-state index is 0.102. The highest BCUT2D eigenvalue weighted by molar-refractivity contribution is 6.29. The zero-order valence-corrected chi connectivity index (χ0v) is 9.94. The van der Waals surface area contributed by atoms with Gasteiger partial charge in [0.05, 0.1) is 11.7 Å². The molecule has 3 aliphatic rings. The number of halogens is 1. The predicted octanol–water partition coefficient (Wildman–Crippen LogP) is -0.186. The molecule has 0 aromatic carbocycles. The van der Waals surface area contributed by atoms with Crippen molar-refractivity contribution < 1.29 is 0 Å². The molecule has 1 aromatic rings. The van der Waals surface area contributed by atoms with E-state index in [1.165, 1.54) is 0 Å². The topological polar surface area (TPSA) is 64.2 Å². The van der Waals surface area contributed by atoms with Crippen LogP contribution < -0.4 is 16.6 Å². The van der Waals surface area contributed by atoms with E-state index in [1.54, 1.807) is 0 Å². The minimum Gasteiger partial charge on any atom is -0.325 e. The average molecular weight is 237 g/mol. The van der Waals surface area contributed by atoms with Crippen LogP contribution in [0.25, 0.3) is 6.08 Å². The molecule has 2 N–H and O–H groups in total. The van der Waals surface area contributed by atoms with Crippen LogP contribution in [0.5, 0.6) is 0 Å². The van der Waals surface area contributed by atoms with Gasteiger partial charge in [-0.15, -0.1) is 0 Å². The second-order valence-corrected chi connectivity index (χ2v) is 4.97. The first-order valence-corrected chi connectivity index (χ1v) is 5.81. The van der Waals surface area contributed by atoms with Crippen LogP contribution in [-0.4, -0.2) is 22.1 Å². The Labute approximate surface area is 98.3 Å². The number of nitrogens with two attached hydrogens (primary N) is 1. The van der Waals surface area contributed by atoms with E-state index in [-0.39, 0.29) is 12.1 Å². The van der Waals surface area contributed by atoms with Crippen molar-refractivity contribution in [3.63, 3.8) is 0 Å². The molecule has 1 aliphatic carbocycles. The summed E-state index contributed by atoms with van der Waals surface area (Å²) in [6.45, 7) is 4.02. The minimum atomic E-state index is 0.102. The lowest BCUT2D eigenvalue weighted by molar-refractivity contribution is 0.170. The number of hydrogen-bond acceptors (Lipinski definition) is 4. The summed E-state index contributed by atoms with van der Waals surface area (Å²) in [7, 11) is 0. The Bertz CT molecular complexity index is 509. The normalized spacial score (nSPS) is 35.2. The number of aryl methyl sites for hydroxylation is 1. The SMILES string of the molecule is Cc1nc2c(nc1Cl)=NC1C(C)C(C=2)C1N. The van der Waals surface area contributed by atoms with Crippen LogP contribution in [-0.2, 0) is 0 Å². The Hall–Kier alpha value is -1.00. The zero-order valence-electron chi connectivity index (χ0n) is 9.18. The van der Waals surface area contributed by atoms with Gasteiger partial charge in [-0.1, -0.05) is 18.5 Å². The van der Waals surface area contributed by atoms with Crippen molar-refractivity contribution in [3.05, 3.63) is 21.7 Å². The van der Waals surface area contributed by atoms with Crippen LogP contribution in [0, 0.1) is 18.8 Å². The van der Waals surface area contributed by atoms with E-state index >= 15 is 0 Å². The second-order valence-electron chi connectivity index (χ2n) is 4.61. The third kappa shape index (κ3) is 1.23. The molecule has 1 aromatic heterocycles. The van der Waals surface area contributed by atoms with Gasteiger partial charge in [-0.2, -0.15) is 0 Å². The average Bonchev–Trinajstić information content (AvgIpc) is 2.48. The van der Waals surface area contributed by atoms with E-state index in [2.05, 4.69) is 28.0 Å². The monoisotopic (exact) mass is 236 g/mol. The van der Waals surface area contributed by atoms with E-state index in [4.69, 9.17) is 17.3 Å². The molecule has 4 rings (SSSR count). The number of rotatable bonds is 0. The Morgan fingerprint density at radius 2 is 2.12 bits per heavy atom. The number of aromatic nitrogens is 2. The summed E-state index contributed by atoms with van der Waals surface area (Å²) in [5.74, 6) is 0.843. The van der Waals surface area contributed by atoms with Crippen LogP contribution in [0.1, 0.15) is 12.6 Å². The molecule has 1 fully saturated rings. The van der Waals surface area contributed by atoms with Crippen molar-refractivity contribution in [2.75, 3.05) is 0 Å². The third-order valence-corrected chi connectivity index (χ3v) is 3.98. The number of hydrogen-bond donors (Lipinski definition) is 1. The van der Waals surface area contributed by atoms with Gasteiger partial charge in [0.15, 0.2) is 10.6 Å². The van der Waals surface area contributed by atoms with E-state index in [1.807, 2.05) is 6.92 Å². The van der Waals surface area contributed by atoms with Crippen molar-refractivity contribution in [1.82, 2.24) is 9.97 Å². The van der Waals surface area contributed by atoms with Gasteiger partial charge in [-0.25, -0.2) is 9.97 Å². The van der Waals surface area contributed by atoms with Crippen molar-refractivity contribution in [3.8, 4) is 0 Å². The molecule has 3 heterocycles. The Morgan fingerprint density at radius 3 is 2.81 bits per heavy atom. The van der Waals surface area contributed by atoms with Gasteiger partial charge < -0.3 is 5.73 Å². The molecule has 84 valence electrons. The van der Waals surface area contributed by atoms with Crippen LogP contribution in [0.4, 0.5) is 0 Å². The molecular weight excluding hydrogens is 224 g/mol. The van der Waals surface area contributed by atoms with Gasteiger partial charge in [-0.3, -0.25) is 4.99 Å². The lowest BCUT2D eigenvalue weighted by Gasteiger charge is -2.44. The van der Waals surface area contributed by atoms with Crippen molar-refractivity contribution in [2.24, 2.45) is 22.6 Å². The first-order valence-electron chi connectivity index (χ1n) is 5.43. The van der Waals surface area contributed by atoms with E-state index < -0.39 is 0 Å². The fraction of sp³-hybridized carbons (Fsp3) is 0.545. The first-order chi connectivity index (χ1) is 7.58. The molecule has 0 spiro atoms. The standard InChI is InChI=1S/C11H13ClN4/c1-4-6-3-7-11(15-9(4)8(6)13)16-10(12)5(2)14-7/h3-4,6,8-9H,13H2,1-2H3. The Morgan fingerprint density at radius 1 is 1.38 bits per heavy atom. The maximum absolute atomic E-state index is 6.06. The van der Waals surface area contributed by atoms with Gasteiger partial charge in [0.2, 0.25) is 0 Å². The van der Waals surface area contributed by atoms with Crippen molar-refractivity contribution in [2.45, 2.75) is 25.9 Å². The van der Waals surface area contributed by atoms with Gasteiger partial charge in [-0.05, 0) is 18.9 Å². The highest BCUT2D eigenvalue weighted by Crippen LogP contribution is 2.37. The summed E-state index contributed by atoms with van der Waals surface area (Å²) >= 11 is 5.95. The lowest BCUT2D eigenvalue weighted by Crippen LogP contribution is -2.57. The fourth-order valence-corrected chi connectivity index (χ4v) is 2.64. The largest absolute Gasteiger partial charge is 0.325 e. The molecule has 2 bridgehead atoms. The summed E-state index contributed by atoms with van der Waals surface area (Å²) in [6, 6.07) is 0.264. The molecule has 1 saturated carbocycles. The van der Waals surface area contributed by atoms with Crippen LogP contribution in [0.15, 0.2) is 4.99 Å². The van der Waals surface area contributed by atoms with Crippen LogP contribution in [0.2, 0.25) is 5.15 Å². The van der Waals surface area contributed by atoms with E-state index in [0.29, 0.717) is 22.5 Å².